The Bertz CT molecular complexity index is 1520. The molecule has 3 aliphatic heterocycles. The number of ether oxygens (including phenoxy) is 1. The fraction of sp³-hybridized carbons (Fsp3) is 0.406. The van der Waals surface area contributed by atoms with E-state index in [0.717, 1.165) is 47.9 Å². The van der Waals surface area contributed by atoms with E-state index in [4.69, 9.17) is 4.74 Å². The first kappa shape index (κ1) is 27.9. The van der Waals surface area contributed by atoms with Crippen molar-refractivity contribution in [1.82, 2.24) is 14.5 Å². The van der Waals surface area contributed by atoms with Crippen molar-refractivity contribution < 1.29 is 23.1 Å². The summed E-state index contributed by atoms with van der Waals surface area (Å²) in [6, 6.07) is 22.3. The summed E-state index contributed by atoms with van der Waals surface area (Å²) in [5.41, 5.74) is 3.84. The molecule has 3 aliphatic rings. The van der Waals surface area contributed by atoms with Crippen molar-refractivity contribution in [1.29, 1.82) is 0 Å². The van der Waals surface area contributed by atoms with Crippen molar-refractivity contribution in [2.75, 3.05) is 26.2 Å². The number of hydrogen-bond donors (Lipinski definition) is 2. The van der Waals surface area contributed by atoms with Gasteiger partial charge < -0.3 is 15.2 Å². The number of benzene rings is 3. The highest BCUT2D eigenvalue weighted by molar-refractivity contribution is 7.89. The number of piperidine rings is 1. The predicted molar refractivity (Wildman–Crippen MR) is 157 cm³/mol. The number of fused-ring (bicyclic) bond motifs is 2. The van der Waals surface area contributed by atoms with Crippen molar-refractivity contribution >= 4 is 15.9 Å². The molecule has 3 aromatic rings. The van der Waals surface area contributed by atoms with Gasteiger partial charge in [0.1, 0.15) is 16.7 Å². The highest BCUT2D eigenvalue weighted by atomic mass is 32.2. The number of aryl methyl sites for hydroxylation is 1. The first-order chi connectivity index (χ1) is 19.7. The van der Waals surface area contributed by atoms with E-state index in [0.29, 0.717) is 6.42 Å². The number of rotatable bonds is 3. The average Bonchev–Trinajstić information content (AvgIpc) is 3.38. The molecule has 2 fully saturated rings. The highest BCUT2D eigenvalue weighted by Gasteiger charge is 2.47. The van der Waals surface area contributed by atoms with Crippen molar-refractivity contribution in [2.45, 2.75) is 61.7 Å². The summed E-state index contributed by atoms with van der Waals surface area (Å²) in [6.07, 6.45) is 1.17. The van der Waals surface area contributed by atoms with Gasteiger partial charge in [-0.15, -0.1) is 0 Å². The van der Waals surface area contributed by atoms with Crippen LogP contribution in [0.3, 0.4) is 0 Å². The van der Waals surface area contributed by atoms with E-state index in [2.05, 4.69) is 35.3 Å². The SMILES string of the molecule is Cc1ccccc1CN1CCC2(CCOc3cc(-c4ccccc4)ccc3S(=O)(=O)N3C[C@H](O)C[C@H]3C(=O)N2)CC1. The lowest BCUT2D eigenvalue weighted by Gasteiger charge is -2.43. The zero-order chi connectivity index (χ0) is 28.6. The van der Waals surface area contributed by atoms with Gasteiger partial charge in [-0.25, -0.2) is 8.42 Å². The molecule has 2 N–H and O–H groups in total. The van der Waals surface area contributed by atoms with Gasteiger partial charge in [0.25, 0.3) is 0 Å². The summed E-state index contributed by atoms with van der Waals surface area (Å²) in [4.78, 5) is 16.1. The number of hydrogen-bond acceptors (Lipinski definition) is 6. The summed E-state index contributed by atoms with van der Waals surface area (Å²) < 4.78 is 35.3. The minimum absolute atomic E-state index is 0.0214. The van der Waals surface area contributed by atoms with E-state index < -0.39 is 27.7 Å². The minimum atomic E-state index is -4.11. The van der Waals surface area contributed by atoms with Gasteiger partial charge >= 0.3 is 0 Å². The number of aliphatic hydroxyl groups excluding tert-OH is 1. The van der Waals surface area contributed by atoms with Gasteiger partial charge in [0.2, 0.25) is 15.9 Å². The fourth-order valence-electron chi connectivity index (χ4n) is 6.36. The number of nitrogens with one attached hydrogen (secondary N) is 1. The molecule has 0 unspecified atom stereocenters. The maximum Gasteiger partial charge on any atom is 0.247 e. The molecule has 9 heteroatoms. The Morgan fingerprint density at radius 3 is 2.46 bits per heavy atom. The summed E-state index contributed by atoms with van der Waals surface area (Å²) in [6.45, 7) is 4.73. The molecule has 2 atom stereocenters. The number of sulfonamides is 1. The second-order valence-electron chi connectivity index (χ2n) is 11.6. The molecule has 3 aromatic carbocycles. The van der Waals surface area contributed by atoms with Crippen LogP contribution in [-0.2, 0) is 21.4 Å². The zero-order valence-corrected chi connectivity index (χ0v) is 24.1. The number of amides is 1. The zero-order valence-electron chi connectivity index (χ0n) is 23.3. The lowest BCUT2D eigenvalue weighted by Crippen LogP contribution is -2.59. The Kier molecular flexibility index (Phi) is 7.63. The Hall–Kier alpha value is -3.24. The molecule has 6 rings (SSSR count). The first-order valence-corrected chi connectivity index (χ1v) is 15.8. The molecular formula is C32H37N3O5S. The van der Waals surface area contributed by atoms with Crippen LogP contribution in [0.15, 0.2) is 77.7 Å². The van der Waals surface area contributed by atoms with Gasteiger partial charge in [-0.1, -0.05) is 60.7 Å². The summed E-state index contributed by atoms with van der Waals surface area (Å²) >= 11 is 0. The van der Waals surface area contributed by atoms with Crippen molar-refractivity contribution in [3.63, 3.8) is 0 Å². The van der Waals surface area contributed by atoms with Crippen LogP contribution < -0.4 is 10.1 Å². The van der Waals surface area contributed by atoms with Crippen LogP contribution in [0.5, 0.6) is 5.75 Å². The molecule has 0 saturated carbocycles. The summed E-state index contributed by atoms with van der Waals surface area (Å²) in [5, 5.41) is 13.8. The molecule has 0 aromatic heterocycles. The van der Waals surface area contributed by atoms with Gasteiger partial charge in [-0.3, -0.25) is 9.69 Å². The Morgan fingerprint density at radius 1 is 0.976 bits per heavy atom. The Balaban J connectivity index is 1.30. The number of carbonyl (C=O) groups is 1. The van der Waals surface area contributed by atoms with Gasteiger partial charge in [-0.05, 0) is 54.2 Å². The van der Waals surface area contributed by atoms with Crippen LogP contribution in [0.25, 0.3) is 11.1 Å². The largest absolute Gasteiger partial charge is 0.492 e. The van der Waals surface area contributed by atoms with Crippen molar-refractivity contribution in [3.05, 3.63) is 83.9 Å². The van der Waals surface area contributed by atoms with Crippen molar-refractivity contribution in [3.8, 4) is 16.9 Å². The van der Waals surface area contributed by atoms with E-state index in [9.17, 15) is 18.3 Å². The topological polar surface area (TPSA) is 99.2 Å². The molecular weight excluding hydrogens is 538 g/mol. The molecule has 1 amide bonds. The monoisotopic (exact) mass is 575 g/mol. The van der Waals surface area contributed by atoms with Gasteiger partial charge in [0, 0.05) is 44.6 Å². The molecule has 3 heterocycles. The van der Waals surface area contributed by atoms with Gasteiger partial charge in [0.15, 0.2) is 0 Å². The average molecular weight is 576 g/mol. The third-order valence-electron chi connectivity index (χ3n) is 8.87. The van der Waals surface area contributed by atoms with Crippen LogP contribution >= 0.6 is 0 Å². The second kappa shape index (κ2) is 11.2. The van der Waals surface area contributed by atoms with Gasteiger partial charge in [0.05, 0.1) is 12.7 Å². The van der Waals surface area contributed by atoms with Crippen LogP contribution in [0.2, 0.25) is 0 Å². The van der Waals surface area contributed by atoms with Gasteiger partial charge in [-0.2, -0.15) is 4.31 Å². The molecule has 0 bridgehead atoms. The summed E-state index contributed by atoms with van der Waals surface area (Å²) in [7, 11) is -4.11. The van der Waals surface area contributed by atoms with E-state index in [-0.39, 0.29) is 36.1 Å². The highest BCUT2D eigenvalue weighted by Crippen LogP contribution is 2.37. The fourth-order valence-corrected chi connectivity index (χ4v) is 8.11. The third kappa shape index (κ3) is 5.64. The Morgan fingerprint density at radius 2 is 1.71 bits per heavy atom. The number of likely N-dealkylation sites (tertiary alicyclic amines) is 1. The maximum atomic E-state index is 13.9. The number of aliphatic hydroxyl groups is 1. The lowest BCUT2D eigenvalue weighted by molar-refractivity contribution is -0.127. The molecule has 8 nitrogen and oxygen atoms in total. The quantitative estimate of drug-likeness (QED) is 0.494. The molecule has 216 valence electrons. The number of carbonyl (C=O) groups excluding carboxylic acids is 1. The summed E-state index contributed by atoms with van der Waals surface area (Å²) in [5.74, 6) is -0.0742. The predicted octanol–water partition coefficient (Wildman–Crippen LogP) is 3.72. The van der Waals surface area contributed by atoms with E-state index >= 15 is 0 Å². The van der Waals surface area contributed by atoms with Crippen LogP contribution in [0.4, 0.5) is 0 Å². The van der Waals surface area contributed by atoms with Crippen molar-refractivity contribution in [2.24, 2.45) is 0 Å². The minimum Gasteiger partial charge on any atom is -0.492 e. The third-order valence-corrected chi connectivity index (χ3v) is 10.8. The molecule has 41 heavy (non-hydrogen) atoms. The van der Waals surface area contributed by atoms with Crippen LogP contribution in [-0.4, -0.2) is 72.6 Å². The molecule has 0 radical (unpaired) electrons. The normalized spacial score (nSPS) is 24.5. The molecule has 2 saturated heterocycles. The second-order valence-corrected chi connectivity index (χ2v) is 13.4. The number of nitrogens with zero attached hydrogens (tertiary/aromatic N) is 2. The lowest BCUT2D eigenvalue weighted by atomic mass is 9.84. The maximum absolute atomic E-state index is 13.9. The van der Waals surface area contributed by atoms with Crippen LogP contribution in [0.1, 0.15) is 36.8 Å². The first-order valence-electron chi connectivity index (χ1n) is 14.4. The van der Waals surface area contributed by atoms with Crippen LogP contribution in [0, 0.1) is 6.92 Å². The smallest absolute Gasteiger partial charge is 0.247 e. The molecule has 1 spiro atoms. The van der Waals surface area contributed by atoms with E-state index in [1.54, 1.807) is 18.2 Å². The van der Waals surface area contributed by atoms with E-state index in [1.807, 2.05) is 36.4 Å². The van der Waals surface area contributed by atoms with E-state index in [1.165, 1.54) is 11.1 Å². The Labute approximate surface area is 242 Å². The standard InChI is InChI=1S/C32H37N3O5S/c1-23-7-5-6-10-26(23)21-34-16-13-32(14-17-34)15-18-40-29-19-25(24-8-3-2-4-9-24)11-12-30(29)41(38,39)35-22-27(36)20-28(35)31(37)33-32/h2-12,19,27-28,36H,13-18,20-22H2,1H3,(H,33,37)/t27-,28+/m1/s1. The molecule has 0 aliphatic carbocycles.